The Bertz CT molecular complexity index is 4190. The van der Waals surface area contributed by atoms with Crippen LogP contribution in [0.1, 0.15) is 24.0 Å². The van der Waals surface area contributed by atoms with Gasteiger partial charge in [0.25, 0.3) is 5.56 Å². The number of hydrogen-bond acceptors (Lipinski definition) is 11. The molecule has 0 radical (unpaired) electrons. The summed E-state index contributed by atoms with van der Waals surface area (Å²) >= 11 is 0. The SMILES string of the molecule is COc1c(-c2ccc3c(c2)CCCO3)c(Nc2ccccn2)nc2c(-c3ccccc3)c(-c3ccccc3)nn12.O=c1c(-c2ccc3c(c2)CCCO3)c(Nc2ccccn2)nc2c(-c3ccccc3)c(-c3ccccc3)[nH]n12. The zero-order valence-corrected chi connectivity index (χ0v) is 43.1. The lowest BCUT2D eigenvalue weighted by Crippen LogP contribution is -2.20. The minimum absolute atomic E-state index is 0.200. The van der Waals surface area contributed by atoms with Crippen molar-refractivity contribution in [3.63, 3.8) is 0 Å². The van der Waals surface area contributed by atoms with Crippen LogP contribution in [0.5, 0.6) is 17.4 Å². The first kappa shape index (κ1) is 48.3. The second kappa shape index (κ2) is 21.4. The van der Waals surface area contributed by atoms with Crippen LogP contribution in [0.2, 0.25) is 0 Å². The molecule has 386 valence electrons. The number of aromatic nitrogens is 8. The highest BCUT2D eigenvalue weighted by atomic mass is 16.5. The van der Waals surface area contributed by atoms with Gasteiger partial charge in [-0.05, 0) is 108 Å². The first-order chi connectivity index (χ1) is 39.1. The summed E-state index contributed by atoms with van der Waals surface area (Å²) in [5, 5.41) is 15.3. The highest BCUT2D eigenvalue weighted by molar-refractivity contribution is 5.95. The fraction of sp³-hybridized carbons (Fsp3) is 0.108. The number of H-pyrrole nitrogens is 1. The Labute approximate surface area is 455 Å². The second-order valence-corrected chi connectivity index (χ2v) is 19.2. The maximum absolute atomic E-state index is 14.3. The Morgan fingerprint density at radius 2 is 1.00 bits per heavy atom. The maximum Gasteiger partial charge on any atom is 0.282 e. The van der Waals surface area contributed by atoms with Gasteiger partial charge in [0.1, 0.15) is 40.5 Å². The largest absolute Gasteiger partial charge is 0.493 e. The van der Waals surface area contributed by atoms with Crippen LogP contribution in [-0.4, -0.2) is 59.5 Å². The smallest absolute Gasteiger partial charge is 0.282 e. The molecular weight excluding hydrogens is 985 g/mol. The average molecular weight is 1040 g/mol. The number of rotatable bonds is 11. The van der Waals surface area contributed by atoms with E-state index < -0.39 is 0 Å². The van der Waals surface area contributed by atoms with Gasteiger partial charge < -0.3 is 24.8 Å². The summed E-state index contributed by atoms with van der Waals surface area (Å²) in [6.45, 7) is 1.45. The number of methoxy groups -OCH3 is 1. The van der Waals surface area contributed by atoms with Crippen LogP contribution in [-0.2, 0) is 12.8 Å². The minimum Gasteiger partial charge on any atom is -0.493 e. The number of pyridine rings is 2. The van der Waals surface area contributed by atoms with E-state index in [9.17, 15) is 4.79 Å². The number of benzene rings is 6. The highest BCUT2D eigenvalue weighted by Crippen LogP contribution is 2.44. The molecule has 0 spiro atoms. The fourth-order valence-corrected chi connectivity index (χ4v) is 10.5. The van der Waals surface area contributed by atoms with E-state index >= 15 is 0 Å². The van der Waals surface area contributed by atoms with Gasteiger partial charge in [-0.3, -0.25) is 9.89 Å². The van der Waals surface area contributed by atoms with Crippen LogP contribution in [0.4, 0.5) is 23.3 Å². The third-order valence-electron chi connectivity index (χ3n) is 14.1. The summed E-state index contributed by atoms with van der Waals surface area (Å²) < 4.78 is 21.2. The van der Waals surface area contributed by atoms with Crippen molar-refractivity contribution >= 4 is 34.6 Å². The Morgan fingerprint density at radius 1 is 0.506 bits per heavy atom. The molecule has 2 aliphatic heterocycles. The van der Waals surface area contributed by atoms with Crippen molar-refractivity contribution in [3.8, 4) is 84.4 Å². The molecule has 0 atom stereocenters. The first-order valence-corrected chi connectivity index (χ1v) is 26.4. The lowest BCUT2D eigenvalue weighted by atomic mass is 9.99. The van der Waals surface area contributed by atoms with Gasteiger partial charge in [0, 0.05) is 23.5 Å². The van der Waals surface area contributed by atoms with Crippen molar-refractivity contribution in [2.24, 2.45) is 0 Å². The Kier molecular flexibility index (Phi) is 13.1. The number of fused-ring (bicyclic) bond motifs is 4. The average Bonchev–Trinajstić information content (AvgIpc) is 4.25. The number of aromatic amines is 1. The normalized spacial score (nSPS) is 12.6. The summed E-state index contributed by atoms with van der Waals surface area (Å²) in [6, 6.07) is 64.0. The number of nitrogens with zero attached hydrogens (tertiary/aromatic N) is 7. The van der Waals surface area contributed by atoms with E-state index in [1.165, 1.54) is 5.56 Å². The van der Waals surface area contributed by atoms with Crippen LogP contribution in [0.15, 0.2) is 211 Å². The molecule has 0 saturated heterocycles. The van der Waals surface area contributed by atoms with Gasteiger partial charge in [-0.2, -0.15) is 14.1 Å². The molecule has 79 heavy (non-hydrogen) atoms. The molecule has 3 N–H and O–H groups in total. The Morgan fingerprint density at radius 3 is 1.54 bits per heavy atom. The lowest BCUT2D eigenvalue weighted by Gasteiger charge is -2.20. The van der Waals surface area contributed by atoms with E-state index in [1.54, 1.807) is 24.0 Å². The standard InChI is InChI=1S/C33H27N5O2.C32H25N5O2/c1-39-33-29(25-17-18-26-24(21-25)15-10-20-40-26)31(35-27-16-8-9-19-34-27)36-32-28(22-11-4-2-5-12-22)30(37-38(32)33)23-13-6-3-7-14-23;38-32-28(24-16-17-25-23(20-24)14-9-19-39-25)30(34-26-15-7-8-18-33-26)35-31-27(21-10-3-1-4-11-21)29(36-37(31)32)22-12-5-2-6-13-22/h2-9,11-14,16-19,21H,10,15,20H2,1H3,(H,34,35,36);1-8,10-13,15-18,20,36H,9,14,19H2,(H,33,34). The van der Waals surface area contributed by atoms with E-state index in [1.807, 2.05) is 162 Å². The molecule has 14 nitrogen and oxygen atoms in total. The fourth-order valence-electron chi connectivity index (χ4n) is 10.5. The van der Waals surface area contributed by atoms with Crippen LogP contribution >= 0.6 is 0 Å². The van der Waals surface area contributed by atoms with Crippen LogP contribution < -0.4 is 30.4 Å². The van der Waals surface area contributed by atoms with Crippen molar-refractivity contribution in [1.29, 1.82) is 0 Å². The monoisotopic (exact) mass is 1040 g/mol. The summed E-state index contributed by atoms with van der Waals surface area (Å²) in [4.78, 5) is 33.6. The van der Waals surface area contributed by atoms with Crippen molar-refractivity contribution in [2.45, 2.75) is 25.7 Å². The summed E-state index contributed by atoms with van der Waals surface area (Å²) in [6.07, 6.45) is 7.27. The quantitative estimate of drug-likeness (QED) is 0.113. The summed E-state index contributed by atoms with van der Waals surface area (Å²) in [5.74, 6) is 4.77. The topological polar surface area (TPSA) is 158 Å². The van der Waals surface area contributed by atoms with Gasteiger partial charge in [-0.25, -0.2) is 19.9 Å². The zero-order valence-electron chi connectivity index (χ0n) is 43.1. The molecule has 0 aliphatic carbocycles. The molecule has 8 heterocycles. The molecule has 14 rings (SSSR count). The molecule has 2 aliphatic rings. The van der Waals surface area contributed by atoms with Gasteiger partial charge in [0.15, 0.2) is 11.3 Å². The Balaban J connectivity index is 0.000000150. The molecule has 0 amide bonds. The van der Waals surface area contributed by atoms with E-state index in [0.29, 0.717) is 52.6 Å². The number of nitrogens with one attached hydrogen (secondary N) is 3. The molecule has 0 unspecified atom stereocenters. The second-order valence-electron chi connectivity index (χ2n) is 19.2. The molecule has 0 fully saturated rings. The van der Waals surface area contributed by atoms with Gasteiger partial charge in [0.05, 0.1) is 48.3 Å². The van der Waals surface area contributed by atoms with Crippen LogP contribution in [0.25, 0.3) is 78.3 Å². The lowest BCUT2D eigenvalue weighted by molar-refractivity contribution is 0.288. The molecule has 0 bridgehead atoms. The van der Waals surface area contributed by atoms with Gasteiger partial charge in [-0.1, -0.05) is 146 Å². The van der Waals surface area contributed by atoms with Gasteiger partial charge in [-0.15, -0.1) is 0 Å². The molecular formula is C65H52N10O4. The number of anilines is 4. The molecule has 14 heteroatoms. The third kappa shape index (κ3) is 9.45. The van der Waals surface area contributed by atoms with Crippen molar-refractivity contribution in [3.05, 3.63) is 228 Å². The van der Waals surface area contributed by atoms with Gasteiger partial charge >= 0.3 is 0 Å². The van der Waals surface area contributed by atoms with Crippen LogP contribution in [0, 0.1) is 0 Å². The van der Waals surface area contributed by atoms with E-state index in [-0.39, 0.29) is 5.56 Å². The summed E-state index contributed by atoms with van der Waals surface area (Å²) in [5.41, 5.74) is 13.7. The van der Waals surface area contributed by atoms with Crippen molar-refractivity contribution < 1.29 is 14.2 Å². The van der Waals surface area contributed by atoms with E-state index in [0.717, 1.165) is 111 Å². The Hall–Kier alpha value is -10.3. The third-order valence-corrected chi connectivity index (χ3v) is 14.1. The van der Waals surface area contributed by atoms with Crippen molar-refractivity contribution in [1.82, 2.24) is 39.2 Å². The zero-order chi connectivity index (χ0) is 53.1. The predicted molar refractivity (Wildman–Crippen MR) is 311 cm³/mol. The molecule has 6 aromatic heterocycles. The maximum atomic E-state index is 14.3. The number of hydrogen-bond donors (Lipinski definition) is 3. The minimum atomic E-state index is -0.200. The van der Waals surface area contributed by atoms with E-state index in [2.05, 4.69) is 62.1 Å². The van der Waals surface area contributed by atoms with Crippen LogP contribution in [0.3, 0.4) is 0 Å². The van der Waals surface area contributed by atoms with Crippen molar-refractivity contribution in [2.75, 3.05) is 31.0 Å². The summed E-state index contributed by atoms with van der Waals surface area (Å²) in [7, 11) is 1.68. The first-order valence-electron chi connectivity index (χ1n) is 26.4. The molecule has 0 saturated carbocycles. The number of aryl methyl sites for hydroxylation is 2. The highest BCUT2D eigenvalue weighted by Gasteiger charge is 2.28. The number of ether oxygens (including phenoxy) is 3. The molecule has 6 aromatic carbocycles. The predicted octanol–water partition coefficient (Wildman–Crippen LogP) is 13.7. The molecule has 12 aromatic rings. The van der Waals surface area contributed by atoms with Gasteiger partial charge in [0.2, 0.25) is 5.88 Å². The van der Waals surface area contributed by atoms with E-state index in [4.69, 9.17) is 29.3 Å².